The summed E-state index contributed by atoms with van der Waals surface area (Å²) in [6, 6.07) is 5.08. The third-order valence-corrected chi connectivity index (χ3v) is 3.87. The van der Waals surface area contributed by atoms with Gasteiger partial charge in [-0.3, -0.25) is 4.79 Å². The second-order valence-electron chi connectivity index (χ2n) is 4.96. The Hall–Kier alpha value is -1.88. The van der Waals surface area contributed by atoms with Crippen LogP contribution in [0.25, 0.3) is 11.0 Å². The molecule has 1 aromatic heterocycles. The molecular weight excluding hydrogens is 232 g/mol. The second-order valence-corrected chi connectivity index (χ2v) is 4.96. The number of nitrogens with one attached hydrogen (secondary N) is 2. The number of fused-ring (bicyclic) bond motifs is 1. The average Bonchev–Trinajstić information content (AvgIpc) is 2.67. The van der Waals surface area contributed by atoms with E-state index < -0.39 is 5.41 Å². The van der Waals surface area contributed by atoms with E-state index in [1.807, 2.05) is 0 Å². The Kier molecular flexibility index (Phi) is 2.38. The fourth-order valence-electron chi connectivity index (χ4n) is 2.54. The van der Waals surface area contributed by atoms with E-state index in [1.54, 1.807) is 18.2 Å². The van der Waals surface area contributed by atoms with Gasteiger partial charge in [-0.05, 0) is 31.0 Å². The predicted molar refractivity (Wildman–Crippen MR) is 66.6 cm³/mol. The van der Waals surface area contributed by atoms with Crippen LogP contribution >= 0.6 is 0 Å². The molecule has 1 heterocycles. The van der Waals surface area contributed by atoms with Crippen molar-refractivity contribution in [1.29, 1.82) is 0 Å². The maximum atomic E-state index is 12.4. The van der Waals surface area contributed by atoms with Gasteiger partial charge < -0.3 is 15.1 Å². The summed E-state index contributed by atoms with van der Waals surface area (Å²) in [4.78, 5) is 28.8. The number of Topliss-reactive ketones (excluding diaryl/α,β-unsaturated/α-hetero) is 1. The molecule has 5 heteroatoms. The molecule has 1 aromatic carbocycles. The molecule has 0 aliphatic heterocycles. The number of H-pyrrole nitrogens is 2. The van der Waals surface area contributed by atoms with E-state index in [0.717, 1.165) is 19.3 Å². The molecule has 0 amide bonds. The summed E-state index contributed by atoms with van der Waals surface area (Å²) in [6.07, 6.45) is 2.46. The molecule has 3 rings (SSSR count). The van der Waals surface area contributed by atoms with Crippen LogP contribution in [0.4, 0.5) is 0 Å². The molecule has 18 heavy (non-hydrogen) atoms. The highest BCUT2D eigenvalue weighted by Crippen LogP contribution is 2.43. The van der Waals surface area contributed by atoms with Crippen molar-refractivity contribution in [2.45, 2.75) is 19.3 Å². The van der Waals surface area contributed by atoms with Crippen molar-refractivity contribution in [2.75, 3.05) is 6.61 Å². The molecule has 1 fully saturated rings. The molecule has 0 atom stereocenters. The zero-order valence-electron chi connectivity index (χ0n) is 9.82. The Balaban J connectivity index is 2.03. The molecule has 3 N–H and O–H groups in total. The Morgan fingerprint density at radius 2 is 2.00 bits per heavy atom. The first-order chi connectivity index (χ1) is 8.64. The zero-order chi connectivity index (χ0) is 12.8. The molecule has 0 spiro atoms. The Morgan fingerprint density at radius 3 is 2.61 bits per heavy atom. The highest BCUT2D eigenvalue weighted by Gasteiger charge is 2.43. The lowest BCUT2D eigenvalue weighted by molar-refractivity contribution is 0.0348. The van der Waals surface area contributed by atoms with Crippen LogP contribution in [0.1, 0.15) is 29.6 Å². The van der Waals surface area contributed by atoms with Crippen molar-refractivity contribution in [2.24, 2.45) is 5.41 Å². The third kappa shape index (κ3) is 1.51. The minimum absolute atomic E-state index is 0.0276. The standard InChI is InChI=1S/C13H14N2O3/c16-7-13(4-1-5-13)11(17)8-2-3-9-10(6-8)15-12(18)14-9/h2-3,6,16H,1,4-5,7H2,(H2,14,15,18). The van der Waals surface area contributed by atoms with Crippen molar-refractivity contribution >= 4 is 16.8 Å². The van der Waals surface area contributed by atoms with E-state index in [9.17, 15) is 14.7 Å². The van der Waals surface area contributed by atoms with E-state index in [1.165, 1.54) is 0 Å². The number of aliphatic hydroxyl groups excluding tert-OH is 1. The molecule has 0 radical (unpaired) electrons. The van der Waals surface area contributed by atoms with Crippen LogP contribution in [-0.4, -0.2) is 27.5 Å². The van der Waals surface area contributed by atoms with Gasteiger partial charge in [0.05, 0.1) is 23.1 Å². The SMILES string of the molecule is O=C(c1ccc2[nH]c(=O)[nH]c2c1)C1(CO)CCC1. The summed E-state index contributed by atoms with van der Waals surface area (Å²) in [5, 5.41) is 9.40. The van der Waals surface area contributed by atoms with Crippen molar-refractivity contribution in [3.63, 3.8) is 0 Å². The molecular formula is C13H14N2O3. The molecule has 94 valence electrons. The topological polar surface area (TPSA) is 86.0 Å². The van der Waals surface area contributed by atoms with E-state index in [-0.39, 0.29) is 18.1 Å². The first kappa shape index (κ1) is 11.2. The van der Waals surface area contributed by atoms with Crippen LogP contribution < -0.4 is 5.69 Å². The van der Waals surface area contributed by atoms with Crippen molar-refractivity contribution in [3.05, 3.63) is 34.2 Å². The normalized spacial score (nSPS) is 17.6. The molecule has 1 aliphatic rings. The lowest BCUT2D eigenvalue weighted by Gasteiger charge is -2.38. The smallest absolute Gasteiger partial charge is 0.323 e. The number of aromatic nitrogens is 2. The summed E-state index contributed by atoms with van der Waals surface area (Å²) >= 11 is 0. The number of hydrogen-bond donors (Lipinski definition) is 3. The minimum atomic E-state index is -0.593. The Labute approximate surface area is 103 Å². The van der Waals surface area contributed by atoms with Gasteiger partial charge in [0.25, 0.3) is 0 Å². The second kappa shape index (κ2) is 3.81. The number of aliphatic hydroxyl groups is 1. The molecule has 2 aromatic rings. The number of carbonyl (C=O) groups is 1. The van der Waals surface area contributed by atoms with Gasteiger partial charge in [-0.15, -0.1) is 0 Å². The molecule has 1 aliphatic carbocycles. The van der Waals surface area contributed by atoms with Gasteiger partial charge in [0.15, 0.2) is 5.78 Å². The third-order valence-electron chi connectivity index (χ3n) is 3.87. The maximum Gasteiger partial charge on any atom is 0.323 e. The largest absolute Gasteiger partial charge is 0.395 e. The summed E-state index contributed by atoms with van der Waals surface area (Å²) < 4.78 is 0. The Morgan fingerprint density at radius 1 is 1.28 bits per heavy atom. The summed E-state index contributed by atoms with van der Waals surface area (Å²) in [5.74, 6) is -0.0276. The average molecular weight is 246 g/mol. The van der Waals surface area contributed by atoms with Crippen molar-refractivity contribution in [1.82, 2.24) is 9.97 Å². The van der Waals surface area contributed by atoms with E-state index >= 15 is 0 Å². The zero-order valence-corrected chi connectivity index (χ0v) is 9.82. The number of aromatic amines is 2. The van der Waals surface area contributed by atoms with Gasteiger partial charge in [0.1, 0.15) is 0 Å². The first-order valence-electron chi connectivity index (χ1n) is 6.02. The maximum absolute atomic E-state index is 12.4. The van der Waals surface area contributed by atoms with Crippen LogP contribution in [0.15, 0.2) is 23.0 Å². The molecule has 5 nitrogen and oxygen atoms in total. The van der Waals surface area contributed by atoms with Gasteiger partial charge >= 0.3 is 5.69 Å². The van der Waals surface area contributed by atoms with Gasteiger partial charge in [0, 0.05) is 5.56 Å². The van der Waals surface area contributed by atoms with Crippen molar-refractivity contribution < 1.29 is 9.90 Å². The van der Waals surface area contributed by atoms with Crippen LogP contribution in [0.3, 0.4) is 0 Å². The van der Waals surface area contributed by atoms with E-state index in [4.69, 9.17) is 0 Å². The minimum Gasteiger partial charge on any atom is -0.395 e. The number of imidazole rings is 1. The predicted octanol–water partition coefficient (Wildman–Crippen LogP) is 1.20. The van der Waals surface area contributed by atoms with Crippen molar-refractivity contribution in [3.8, 4) is 0 Å². The van der Waals surface area contributed by atoms with E-state index in [0.29, 0.717) is 16.6 Å². The van der Waals surface area contributed by atoms with E-state index in [2.05, 4.69) is 9.97 Å². The lowest BCUT2D eigenvalue weighted by Crippen LogP contribution is -2.41. The number of rotatable bonds is 3. The van der Waals surface area contributed by atoms with Gasteiger partial charge in [-0.1, -0.05) is 6.42 Å². The van der Waals surface area contributed by atoms with Crippen LogP contribution in [0.5, 0.6) is 0 Å². The van der Waals surface area contributed by atoms with Gasteiger partial charge in [-0.25, -0.2) is 4.79 Å². The van der Waals surface area contributed by atoms with Crippen LogP contribution in [0.2, 0.25) is 0 Å². The van der Waals surface area contributed by atoms with Gasteiger partial charge in [0.2, 0.25) is 0 Å². The number of benzene rings is 1. The number of hydrogen-bond acceptors (Lipinski definition) is 3. The highest BCUT2D eigenvalue weighted by molar-refractivity contribution is 6.03. The first-order valence-corrected chi connectivity index (χ1v) is 6.02. The van der Waals surface area contributed by atoms with Crippen LogP contribution in [-0.2, 0) is 0 Å². The van der Waals surface area contributed by atoms with Crippen LogP contribution in [0, 0.1) is 5.41 Å². The van der Waals surface area contributed by atoms with Gasteiger partial charge in [-0.2, -0.15) is 0 Å². The molecule has 1 saturated carbocycles. The number of ketones is 1. The Bertz CT molecular complexity index is 659. The molecule has 0 saturated heterocycles. The summed E-state index contributed by atoms with van der Waals surface area (Å²) in [5.41, 5.74) is 0.979. The fourth-order valence-corrected chi connectivity index (χ4v) is 2.54. The fraction of sp³-hybridized carbons (Fsp3) is 0.385. The monoisotopic (exact) mass is 246 g/mol. The quantitative estimate of drug-likeness (QED) is 0.711. The molecule has 0 bridgehead atoms. The highest BCUT2D eigenvalue weighted by atomic mass is 16.3. The number of carbonyl (C=O) groups excluding carboxylic acids is 1. The summed E-state index contributed by atoms with van der Waals surface area (Å²) in [7, 11) is 0. The summed E-state index contributed by atoms with van der Waals surface area (Å²) in [6.45, 7) is -0.104. The molecule has 0 unspecified atom stereocenters. The lowest BCUT2D eigenvalue weighted by atomic mass is 9.65.